The van der Waals surface area contributed by atoms with Crippen LogP contribution in [0.5, 0.6) is 0 Å². The standard InChI is InChI=1S/C55H32N4O2/c1-2-13-33(14-3-1)34-25-27-35(28-26-34)53-56-54(42-21-12-20-40-39-18-7-10-23-48(39)60-51(40)42)58-55(57-53)43-29-30-46(50-41-19-8-11-24-49(41)61-52(43)50)59-45-22-9-6-17-38(45)44-31-36-15-4-5-16-37(36)32-47(44)59/h1-32H. The van der Waals surface area contributed by atoms with Gasteiger partial charge in [-0.05, 0) is 70.4 Å². The molecule has 6 nitrogen and oxygen atoms in total. The maximum atomic E-state index is 6.90. The fraction of sp³-hybridized carbons (Fsp3) is 0. The third-order valence-electron chi connectivity index (χ3n) is 12.1. The van der Waals surface area contributed by atoms with E-state index in [9.17, 15) is 0 Å². The molecule has 0 N–H and O–H groups in total. The fourth-order valence-electron chi connectivity index (χ4n) is 9.20. The van der Waals surface area contributed by atoms with Crippen molar-refractivity contribution in [1.82, 2.24) is 19.5 Å². The molecule has 6 heteroatoms. The summed E-state index contributed by atoms with van der Waals surface area (Å²) < 4.78 is 15.8. The van der Waals surface area contributed by atoms with Crippen molar-refractivity contribution in [2.24, 2.45) is 0 Å². The summed E-state index contributed by atoms with van der Waals surface area (Å²) in [5.41, 5.74) is 11.0. The summed E-state index contributed by atoms with van der Waals surface area (Å²) in [6, 6.07) is 67.4. The third kappa shape index (κ3) is 5.19. The molecule has 0 fully saturated rings. The zero-order valence-electron chi connectivity index (χ0n) is 32.6. The molecule has 4 aromatic heterocycles. The quantitative estimate of drug-likeness (QED) is 0.174. The first-order valence-corrected chi connectivity index (χ1v) is 20.4. The second-order valence-corrected chi connectivity index (χ2v) is 15.5. The van der Waals surface area contributed by atoms with Crippen molar-refractivity contribution in [3.8, 4) is 51.0 Å². The van der Waals surface area contributed by atoms with Crippen LogP contribution in [0.25, 0.3) is 127 Å². The molecule has 0 saturated heterocycles. The van der Waals surface area contributed by atoms with Crippen LogP contribution in [-0.2, 0) is 0 Å². The van der Waals surface area contributed by atoms with Crippen LogP contribution < -0.4 is 0 Å². The van der Waals surface area contributed by atoms with E-state index in [-0.39, 0.29) is 0 Å². The van der Waals surface area contributed by atoms with Crippen molar-refractivity contribution in [3.05, 3.63) is 194 Å². The minimum atomic E-state index is 0.504. The van der Waals surface area contributed by atoms with Gasteiger partial charge in [0.15, 0.2) is 17.5 Å². The first-order chi connectivity index (χ1) is 30.2. The van der Waals surface area contributed by atoms with Gasteiger partial charge in [0, 0.05) is 32.5 Å². The highest BCUT2D eigenvalue weighted by Gasteiger charge is 2.24. The number of hydrogen-bond donors (Lipinski definition) is 0. The van der Waals surface area contributed by atoms with Crippen LogP contribution in [0.3, 0.4) is 0 Å². The van der Waals surface area contributed by atoms with Gasteiger partial charge >= 0.3 is 0 Å². The summed E-state index contributed by atoms with van der Waals surface area (Å²) in [4.78, 5) is 15.7. The number of aromatic nitrogens is 4. The molecule has 4 heterocycles. The van der Waals surface area contributed by atoms with Crippen LogP contribution >= 0.6 is 0 Å². The normalized spacial score (nSPS) is 11.9. The number of nitrogens with zero attached hydrogens (tertiary/aromatic N) is 4. The molecular formula is C55H32N4O2. The largest absolute Gasteiger partial charge is 0.455 e. The highest BCUT2D eigenvalue weighted by atomic mass is 16.3. The Kier molecular flexibility index (Phi) is 7.21. The predicted octanol–water partition coefficient (Wildman–Crippen LogP) is 14.6. The van der Waals surface area contributed by atoms with Crippen LogP contribution in [-0.4, -0.2) is 19.5 Å². The van der Waals surface area contributed by atoms with Crippen molar-refractivity contribution >= 4 is 76.5 Å². The molecule has 13 aromatic rings. The molecule has 13 rings (SSSR count). The van der Waals surface area contributed by atoms with E-state index in [1.54, 1.807) is 0 Å². The van der Waals surface area contributed by atoms with Crippen molar-refractivity contribution in [2.45, 2.75) is 0 Å². The van der Waals surface area contributed by atoms with Crippen molar-refractivity contribution in [3.63, 3.8) is 0 Å². The predicted molar refractivity (Wildman–Crippen MR) is 248 cm³/mol. The molecule has 9 aromatic carbocycles. The van der Waals surface area contributed by atoms with E-state index in [0.717, 1.165) is 82.8 Å². The highest BCUT2D eigenvalue weighted by Crippen LogP contribution is 2.43. The Morgan fingerprint density at radius 2 is 0.918 bits per heavy atom. The molecule has 0 bridgehead atoms. The average Bonchev–Trinajstić information content (AvgIpc) is 4.01. The van der Waals surface area contributed by atoms with E-state index >= 15 is 0 Å². The summed E-state index contributed by atoms with van der Waals surface area (Å²) in [6.45, 7) is 0. The van der Waals surface area contributed by atoms with E-state index in [0.29, 0.717) is 23.1 Å². The van der Waals surface area contributed by atoms with Crippen LogP contribution in [0.15, 0.2) is 203 Å². The summed E-state index contributed by atoms with van der Waals surface area (Å²) in [7, 11) is 0. The smallest absolute Gasteiger partial charge is 0.167 e. The van der Waals surface area contributed by atoms with Gasteiger partial charge in [0.05, 0.1) is 33.2 Å². The lowest BCUT2D eigenvalue weighted by Crippen LogP contribution is -2.01. The molecule has 61 heavy (non-hydrogen) atoms. The minimum absolute atomic E-state index is 0.504. The van der Waals surface area contributed by atoms with Gasteiger partial charge in [-0.2, -0.15) is 0 Å². The van der Waals surface area contributed by atoms with Crippen molar-refractivity contribution in [1.29, 1.82) is 0 Å². The van der Waals surface area contributed by atoms with Gasteiger partial charge in [-0.25, -0.2) is 15.0 Å². The van der Waals surface area contributed by atoms with E-state index in [2.05, 4.69) is 150 Å². The number of para-hydroxylation sites is 4. The van der Waals surface area contributed by atoms with Crippen LogP contribution in [0.4, 0.5) is 0 Å². The number of benzene rings is 9. The van der Waals surface area contributed by atoms with Gasteiger partial charge in [-0.15, -0.1) is 0 Å². The van der Waals surface area contributed by atoms with Crippen molar-refractivity contribution in [2.75, 3.05) is 0 Å². The Balaban J connectivity index is 1.08. The third-order valence-corrected chi connectivity index (χ3v) is 12.1. The summed E-state index contributed by atoms with van der Waals surface area (Å²) in [5.74, 6) is 1.57. The van der Waals surface area contributed by atoms with Crippen molar-refractivity contribution < 1.29 is 8.83 Å². The molecule has 0 radical (unpaired) electrons. The zero-order valence-corrected chi connectivity index (χ0v) is 32.6. The molecule has 0 saturated carbocycles. The molecule has 0 atom stereocenters. The topological polar surface area (TPSA) is 69.9 Å². The van der Waals surface area contributed by atoms with Gasteiger partial charge in [0.1, 0.15) is 22.3 Å². The Bertz CT molecular complexity index is 3880. The molecule has 0 aliphatic heterocycles. The summed E-state index contributed by atoms with van der Waals surface area (Å²) >= 11 is 0. The minimum Gasteiger partial charge on any atom is -0.455 e. The SMILES string of the molecule is c1ccc(-c2ccc(-c3nc(-c4cccc5c4oc4ccccc45)nc(-c4ccc(-n5c6ccccc6c6cc7ccccc7cc65)c5c4oc4ccccc45)n3)cc2)cc1. The van der Waals surface area contributed by atoms with E-state index < -0.39 is 0 Å². The lowest BCUT2D eigenvalue weighted by Gasteiger charge is -2.13. The van der Waals surface area contributed by atoms with Gasteiger partial charge < -0.3 is 13.4 Å². The Morgan fingerprint density at radius 3 is 1.72 bits per heavy atom. The molecular weight excluding hydrogens is 749 g/mol. The summed E-state index contributed by atoms with van der Waals surface area (Å²) in [6.07, 6.45) is 0. The van der Waals surface area contributed by atoms with Gasteiger partial charge in [-0.3, -0.25) is 0 Å². The van der Waals surface area contributed by atoms with E-state index in [4.69, 9.17) is 23.8 Å². The first-order valence-electron chi connectivity index (χ1n) is 20.4. The molecule has 0 spiro atoms. The zero-order chi connectivity index (χ0) is 40.0. The van der Waals surface area contributed by atoms with E-state index in [1.807, 2.05) is 48.5 Å². The fourth-order valence-corrected chi connectivity index (χ4v) is 9.20. The van der Waals surface area contributed by atoms with E-state index in [1.165, 1.54) is 21.5 Å². The second kappa shape index (κ2) is 13.1. The lowest BCUT2D eigenvalue weighted by molar-refractivity contribution is 0.669. The maximum absolute atomic E-state index is 6.90. The number of fused-ring (bicyclic) bond motifs is 10. The van der Waals surface area contributed by atoms with Crippen LogP contribution in [0.2, 0.25) is 0 Å². The number of furan rings is 2. The maximum Gasteiger partial charge on any atom is 0.167 e. The second-order valence-electron chi connectivity index (χ2n) is 15.5. The molecule has 0 aliphatic rings. The van der Waals surface area contributed by atoms with Gasteiger partial charge in [-0.1, -0.05) is 146 Å². The van der Waals surface area contributed by atoms with Gasteiger partial charge in [0.2, 0.25) is 0 Å². The Labute approximate surface area is 348 Å². The Hall–Kier alpha value is -8.35. The van der Waals surface area contributed by atoms with Crippen LogP contribution in [0, 0.1) is 0 Å². The lowest BCUT2D eigenvalue weighted by atomic mass is 10.0. The number of rotatable bonds is 5. The molecule has 0 amide bonds. The molecule has 0 unspecified atom stereocenters. The van der Waals surface area contributed by atoms with Gasteiger partial charge in [0.25, 0.3) is 0 Å². The highest BCUT2D eigenvalue weighted by molar-refractivity contribution is 6.18. The Morgan fingerprint density at radius 1 is 0.344 bits per heavy atom. The average molecular weight is 781 g/mol. The number of hydrogen-bond acceptors (Lipinski definition) is 5. The summed E-state index contributed by atoms with van der Waals surface area (Å²) in [5, 5.41) is 8.84. The monoisotopic (exact) mass is 780 g/mol. The first kappa shape index (κ1) is 33.6. The van der Waals surface area contributed by atoms with Crippen LogP contribution in [0.1, 0.15) is 0 Å². The molecule has 0 aliphatic carbocycles. The molecule has 284 valence electrons.